The Morgan fingerprint density at radius 1 is 1.27 bits per heavy atom. The van der Waals surface area contributed by atoms with Crippen LogP contribution in [0.4, 0.5) is 0 Å². The zero-order valence-electron chi connectivity index (χ0n) is 19.2. The van der Waals surface area contributed by atoms with E-state index < -0.39 is 0 Å². The number of hydrogen-bond acceptors (Lipinski definition) is 6. The summed E-state index contributed by atoms with van der Waals surface area (Å²) in [6, 6.07) is 11.2. The first kappa shape index (κ1) is 22.5. The van der Waals surface area contributed by atoms with Crippen molar-refractivity contribution in [1.82, 2.24) is 24.6 Å². The Hall–Kier alpha value is -3.70. The molecule has 8 heteroatoms. The SMILES string of the molecule is CCN(C)[C@@H]1CCCN(C(=O)c2ccc(-n3ncc(-c4ccc(C#N)cc4C)c3O)nc2)C1. The maximum absolute atomic E-state index is 13.0. The zero-order valence-corrected chi connectivity index (χ0v) is 19.2. The highest BCUT2D eigenvalue weighted by molar-refractivity contribution is 5.94. The molecule has 4 rings (SSSR count). The van der Waals surface area contributed by atoms with Crippen LogP contribution in [0.3, 0.4) is 0 Å². The normalized spacial score (nSPS) is 16.1. The van der Waals surface area contributed by atoms with Crippen LogP contribution in [-0.2, 0) is 0 Å². The number of pyridine rings is 1. The highest BCUT2D eigenvalue weighted by atomic mass is 16.3. The van der Waals surface area contributed by atoms with E-state index in [2.05, 4.69) is 35.0 Å². The third-order valence-electron chi connectivity index (χ3n) is 6.41. The van der Waals surface area contributed by atoms with Crippen molar-refractivity contribution in [3.63, 3.8) is 0 Å². The smallest absolute Gasteiger partial charge is 0.255 e. The summed E-state index contributed by atoms with van der Waals surface area (Å²) in [5, 5.41) is 24.1. The van der Waals surface area contributed by atoms with Gasteiger partial charge in [-0.15, -0.1) is 0 Å². The van der Waals surface area contributed by atoms with Gasteiger partial charge in [0.2, 0.25) is 5.88 Å². The molecular formula is C25H28N6O2. The average molecular weight is 445 g/mol. The Morgan fingerprint density at radius 3 is 2.76 bits per heavy atom. The molecule has 0 bridgehead atoms. The van der Waals surface area contributed by atoms with Crippen molar-refractivity contribution in [2.75, 3.05) is 26.7 Å². The van der Waals surface area contributed by atoms with Crippen LogP contribution in [0.2, 0.25) is 0 Å². The maximum Gasteiger partial charge on any atom is 0.255 e. The monoisotopic (exact) mass is 444 g/mol. The number of aromatic hydroxyl groups is 1. The lowest BCUT2D eigenvalue weighted by Crippen LogP contribution is -2.48. The molecule has 0 radical (unpaired) electrons. The molecule has 1 aliphatic heterocycles. The molecule has 0 aliphatic carbocycles. The van der Waals surface area contributed by atoms with E-state index in [1.165, 1.54) is 4.68 Å². The van der Waals surface area contributed by atoms with Gasteiger partial charge < -0.3 is 14.9 Å². The number of rotatable bonds is 5. The van der Waals surface area contributed by atoms with Gasteiger partial charge >= 0.3 is 0 Å². The lowest BCUT2D eigenvalue weighted by atomic mass is 10.0. The van der Waals surface area contributed by atoms with Gasteiger partial charge in [-0.05, 0) is 68.8 Å². The van der Waals surface area contributed by atoms with Gasteiger partial charge in [0, 0.05) is 25.3 Å². The summed E-state index contributed by atoms with van der Waals surface area (Å²) in [7, 11) is 2.10. The number of aryl methyl sites for hydroxylation is 1. The number of nitrogens with zero attached hydrogens (tertiary/aromatic N) is 6. The van der Waals surface area contributed by atoms with Gasteiger partial charge in [-0.2, -0.15) is 15.0 Å². The number of carbonyl (C=O) groups is 1. The highest BCUT2D eigenvalue weighted by Crippen LogP contribution is 2.33. The molecule has 33 heavy (non-hydrogen) atoms. The fourth-order valence-corrected chi connectivity index (χ4v) is 4.31. The van der Waals surface area contributed by atoms with Gasteiger partial charge in [-0.3, -0.25) is 4.79 Å². The van der Waals surface area contributed by atoms with Crippen molar-refractivity contribution < 1.29 is 9.90 Å². The molecule has 1 N–H and O–H groups in total. The first-order valence-corrected chi connectivity index (χ1v) is 11.2. The Morgan fingerprint density at radius 2 is 2.09 bits per heavy atom. The van der Waals surface area contributed by atoms with Crippen LogP contribution in [-0.4, -0.2) is 68.3 Å². The molecule has 1 atom stereocenters. The summed E-state index contributed by atoms with van der Waals surface area (Å²) in [5.74, 6) is 0.349. The molecule has 1 fully saturated rings. The molecule has 170 valence electrons. The molecule has 0 spiro atoms. The molecule has 0 saturated carbocycles. The van der Waals surface area contributed by atoms with Crippen molar-refractivity contribution in [3.05, 3.63) is 59.4 Å². The quantitative estimate of drug-likeness (QED) is 0.648. The van der Waals surface area contributed by atoms with Crippen molar-refractivity contribution in [1.29, 1.82) is 5.26 Å². The van der Waals surface area contributed by atoms with Crippen LogP contribution in [0.5, 0.6) is 5.88 Å². The summed E-state index contributed by atoms with van der Waals surface area (Å²) in [6.45, 7) is 6.44. The topological polar surface area (TPSA) is 98.3 Å². The van der Waals surface area contributed by atoms with Gasteiger partial charge in [0.05, 0.1) is 29.0 Å². The second-order valence-electron chi connectivity index (χ2n) is 8.46. The maximum atomic E-state index is 13.0. The summed E-state index contributed by atoms with van der Waals surface area (Å²) in [5.41, 5.74) is 3.30. The van der Waals surface area contributed by atoms with Crippen molar-refractivity contribution in [3.8, 4) is 28.9 Å². The molecule has 1 amide bonds. The zero-order chi connectivity index (χ0) is 23.5. The summed E-state index contributed by atoms with van der Waals surface area (Å²) >= 11 is 0. The van der Waals surface area contributed by atoms with Crippen LogP contribution >= 0.6 is 0 Å². The summed E-state index contributed by atoms with van der Waals surface area (Å²) < 4.78 is 1.34. The fourth-order valence-electron chi connectivity index (χ4n) is 4.31. The third-order valence-corrected chi connectivity index (χ3v) is 6.41. The second kappa shape index (κ2) is 9.43. The largest absolute Gasteiger partial charge is 0.493 e. The number of hydrogen-bond donors (Lipinski definition) is 1. The van der Waals surface area contributed by atoms with Crippen LogP contribution in [0.25, 0.3) is 16.9 Å². The van der Waals surface area contributed by atoms with Crippen LogP contribution in [0.15, 0.2) is 42.7 Å². The summed E-state index contributed by atoms with van der Waals surface area (Å²) in [4.78, 5) is 21.6. The molecule has 1 saturated heterocycles. The Kier molecular flexibility index (Phi) is 6.43. The minimum Gasteiger partial charge on any atom is -0.493 e. The van der Waals surface area contributed by atoms with E-state index in [1.807, 2.05) is 11.8 Å². The molecule has 2 aromatic heterocycles. The minimum atomic E-state index is -0.0455. The Bertz CT molecular complexity index is 1190. The number of benzene rings is 1. The number of amides is 1. The van der Waals surface area contributed by atoms with E-state index >= 15 is 0 Å². The summed E-state index contributed by atoms with van der Waals surface area (Å²) in [6.07, 6.45) is 5.21. The number of likely N-dealkylation sites (tertiary alicyclic amines) is 1. The Labute approximate surface area is 193 Å². The molecule has 1 aromatic carbocycles. The minimum absolute atomic E-state index is 0.0261. The molecule has 0 unspecified atom stereocenters. The number of likely N-dealkylation sites (N-methyl/N-ethyl adjacent to an activating group) is 1. The van der Waals surface area contributed by atoms with Crippen molar-refractivity contribution >= 4 is 5.91 Å². The highest BCUT2D eigenvalue weighted by Gasteiger charge is 2.26. The molecular weight excluding hydrogens is 416 g/mol. The molecule has 3 aromatic rings. The predicted molar refractivity (Wildman–Crippen MR) is 125 cm³/mol. The van der Waals surface area contributed by atoms with Gasteiger partial charge in [0.1, 0.15) is 0 Å². The fraction of sp³-hybridized carbons (Fsp3) is 0.360. The van der Waals surface area contributed by atoms with E-state index in [4.69, 9.17) is 5.26 Å². The third kappa shape index (κ3) is 4.45. The van der Waals surface area contributed by atoms with Gasteiger partial charge in [0.25, 0.3) is 5.91 Å². The van der Waals surface area contributed by atoms with Gasteiger partial charge in [0.15, 0.2) is 5.82 Å². The molecule has 1 aliphatic rings. The molecule has 8 nitrogen and oxygen atoms in total. The Balaban J connectivity index is 1.53. The number of piperidine rings is 1. The van der Waals surface area contributed by atoms with E-state index in [9.17, 15) is 9.90 Å². The van der Waals surface area contributed by atoms with Crippen molar-refractivity contribution in [2.24, 2.45) is 0 Å². The average Bonchev–Trinajstić information content (AvgIpc) is 3.23. The predicted octanol–water partition coefficient (Wildman–Crippen LogP) is 3.38. The number of aromatic nitrogens is 3. The van der Waals surface area contributed by atoms with E-state index in [1.54, 1.807) is 42.7 Å². The van der Waals surface area contributed by atoms with Crippen molar-refractivity contribution in [2.45, 2.75) is 32.7 Å². The lowest BCUT2D eigenvalue weighted by Gasteiger charge is -2.37. The number of nitriles is 1. The van der Waals surface area contributed by atoms with E-state index in [0.717, 1.165) is 43.6 Å². The standard InChI is InChI=1S/C25H28N6O2/c1-4-29(3)20-6-5-11-30(16-20)24(32)19-8-10-23(27-14-19)31-25(33)22(15-28-31)21-9-7-18(13-26)12-17(21)2/h7-10,12,14-15,20,33H,4-6,11,16H2,1-3H3/t20-/m1/s1. The molecule has 3 heterocycles. The first-order valence-electron chi connectivity index (χ1n) is 11.2. The van der Waals surface area contributed by atoms with Crippen LogP contribution in [0, 0.1) is 18.3 Å². The van der Waals surface area contributed by atoms with Gasteiger partial charge in [-0.1, -0.05) is 13.0 Å². The van der Waals surface area contributed by atoms with Crippen LogP contribution in [0.1, 0.15) is 41.3 Å². The second-order valence-corrected chi connectivity index (χ2v) is 8.46. The van der Waals surface area contributed by atoms with Gasteiger partial charge in [-0.25, -0.2) is 4.98 Å². The lowest BCUT2D eigenvalue weighted by molar-refractivity contribution is 0.0615. The van der Waals surface area contributed by atoms with E-state index in [0.29, 0.717) is 28.6 Å². The van der Waals surface area contributed by atoms with Crippen LogP contribution < -0.4 is 0 Å². The number of carbonyl (C=O) groups excluding carboxylic acids is 1. The van der Waals surface area contributed by atoms with E-state index in [-0.39, 0.29) is 11.8 Å². The first-order chi connectivity index (χ1) is 15.9.